The average molecular weight is 261 g/mol. The summed E-state index contributed by atoms with van der Waals surface area (Å²) in [5.41, 5.74) is 7.54. The average Bonchev–Trinajstić information content (AvgIpc) is 2.66. The quantitative estimate of drug-likeness (QED) is 0.897. The maximum absolute atomic E-state index is 5.93. The highest BCUT2D eigenvalue weighted by molar-refractivity contribution is 5.43. The number of aryl methyl sites for hydroxylation is 2. The van der Waals surface area contributed by atoms with Gasteiger partial charge in [-0.05, 0) is 26.0 Å². The van der Waals surface area contributed by atoms with Gasteiger partial charge < -0.3 is 15.2 Å². The molecular formula is C14H19N3O2. The third kappa shape index (κ3) is 2.71. The fourth-order valence-electron chi connectivity index (χ4n) is 1.96. The van der Waals surface area contributed by atoms with Crippen LogP contribution in [0.15, 0.2) is 24.3 Å². The molecule has 1 aromatic carbocycles. The summed E-state index contributed by atoms with van der Waals surface area (Å²) in [5, 5.41) is 4.32. The van der Waals surface area contributed by atoms with Crippen LogP contribution >= 0.6 is 0 Å². The van der Waals surface area contributed by atoms with Gasteiger partial charge >= 0.3 is 0 Å². The fourth-order valence-corrected chi connectivity index (χ4v) is 1.96. The van der Waals surface area contributed by atoms with Crippen LogP contribution in [0, 0.1) is 6.92 Å². The first-order valence-corrected chi connectivity index (χ1v) is 6.29. The molecular weight excluding hydrogens is 242 g/mol. The van der Waals surface area contributed by atoms with Crippen LogP contribution in [0.5, 0.6) is 17.4 Å². The second-order valence-electron chi connectivity index (χ2n) is 4.18. The van der Waals surface area contributed by atoms with Crippen molar-refractivity contribution in [2.75, 3.05) is 6.61 Å². The van der Waals surface area contributed by atoms with Crippen LogP contribution in [-0.4, -0.2) is 16.4 Å². The minimum Gasteiger partial charge on any atom is -0.490 e. The van der Waals surface area contributed by atoms with Crippen molar-refractivity contribution in [3.63, 3.8) is 0 Å². The highest BCUT2D eigenvalue weighted by Crippen LogP contribution is 2.33. The number of nitrogens with two attached hydrogens (primary N) is 1. The summed E-state index contributed by atoms with van der Waals surface area (Å²) in [6.07, 6.45) is 0. The minimum absolute atomic E-state index is 0.395. The molecule has 0 unspecified atom stereocenters. The number of ether oxygens (including phenoxy) is 2. The van der Waals surface area contributed by atoms with Gasteiger partial charge in [0.15, 0.2) is 11.5 Å². The first kappa shape index (κ1) is 13.4. The second kappa shape index (κ2) is 5.75. The molecule has 2 rings (SSSR count). The Morgan fingerprint density at radius 2 is 1.95 bits per heavy atom. The van der Waals surface area contributed by atoms with Gasteiger partial charge in [0, 0.05) is 13.6 Å². The van der Waals surface area contributed by atoms with Gasteiger partial charge in [0.1, 0.15) is 0 Å². The molecule has 102 valence electrons. The highest BCUT2D eigenvalue weighted by atomic mass is 16.5. The van der Waals surface area contributed by atoms with Crippen molar-refractivity contribution in [3.05, 3.63) is 35.5 Å². The molecule has 2 aromatic rings. The summed E-state index contributed by atoms with van der Waals surface area (Å²) in [5.74, 6) is 2.04. The Labute approximate surface area is 112 Å². The zero-order valence-corrected chi connectivity index (χ0v) is 11.5. The van der Waals surface area contributed by atoms with Crippen LogP contribution < -0.4 is 15.2 Å². The second-order valence-corrected chi connectivity index (χ2v) is 4.18. The SMILES string of the molecule is CCOc1ccccc1Oc1c(CN)c(C)nn1C. The molecule has 0 atom stereocenters. The van der Waals surface area contributed by atoms with Crippen molar-refractivity contribution < 1.29 is 9.47 Å². The minimum atomic E-state index is 0.395. The van der Waals surface area contributed by atoms with E-state index in [1.165, 1.54) is 0 Å². The summed E-state index contributed by atoms with van der Waals surface area (Å²) in [7, 11) is 1.84. The van der Waals surface area contributed by atoms with Gasteiger partial charge in [0.25, 0.3) is 0 Å². The van der Waals surface area contributed by atoms with Crippen LogP contribution in [0.2, 0.25) is 0 Å². The number of benzene rings is 1. The third-order valence-corrected chi connectivity index (χ3v) is 2.85. The number of nitrogens with zero attached hydrogens (tertiary/aromatic N) is 2. The van der Waals surface area contributed by atoms with Gasteiger partial charge in [-0.2, -0.15) is 5.10 Å². The highest BCUT2D eigenvalue weighted by Gasteiger charge is 2.15. The molecule has 2 N–H and O–H groups in total. The van der Waals surface area contributed by atoms with E-state index in [-0.39, 0.29) is 0 Å². The van der Waals surface area contributed by atoms with Crippen LogP contribution in [0.25, 0.3) is 0 Å². The molecule has 1 aromatic heterocycles. The predicted molar refractivity (Wildman–Crippen MR) is 73.5 cm³/mol. The smallest absolute Gasteiger partial charge is 0.222 e. The number of rotatable bonds is 5. The molecule has 0 aliphatic rings. The van der Waals surface area contributed by atoms with Gasteiger partial charge in [-0.25, -0.2) is 4.68 Å². The van der Waals surface area contributed by atoms with E-state index in [9.17, 15) is 0 Å². The Morgan fingerprint density at radius 1 is 1.26 bits per heavy atom. The predicted octanol–water partition coefficient (Wildman–Crippen LogP) is 2.38. The summed E-state index contributed by atoms with van der Waals surface area (Å²) in [6.45, 7) is 4.85. The van der Waals surface area contributed by atoms with E-state index in [4.69, 9.17) is 15.2 Å². The van der Waals surface area contributed by atoms with Gasteiger partial charge in [0.05, 0.1) is 17.9 Å². The molecule has 5 nitrogen and oxygen atoms in total. The van der Waals surface area contributed by atoms with Crippen molar-refractivity contribution in [2.24, 2.45) is 12.8 Å². The van der Waals surface area contributed by atoms with Gasteiger partial charge in [-0.3, -0.25) is 0 Å². The molecule has 0 spiro atoms. The Morgan fingerprint density at radius 3 is 2.58 bits per heavy atom. The van der Waals surface area contributed by atoms with Crippen molar-refractivity contribution in [2.45, 2.75) is 20.4 Å². The summed E-state index contributed by atoms with van der Waals surface area (Å²) >= 11 is 0. The standard InChI is InChI=1S/C14H19N3O2/c1-4-18-12-7-5-6-8-13(12)19-14-11(9-15)10(2)16-17(14)3/h5-8H,4,9,15H2,1-3H3. The van der Waals surface area contributed by atoms with Crippen LogP contribution in [0.1, 0.15) is 18.2 Å². The molecule has 0 fully saturated rings. The number of aromatic nitrogens is 2. The molecule has 0 aliphatic heterocycles. The van der Waals surface area contributed by atoms with Crippen molar-refractivity contribution in [1.29, 1.82) is 0 Å². The third-order valence-electron chi connectivity index (χ3n) is 2.85. The normalized spacial score (nSPS) is 10.5. The van der Waals surface area contributed by atoms with Gasteiger partial charge in [-0.1, -0.05) is 12.1 Å². The van der Waals surface area contributed by atoms with Crippen molar-refractivity contribution in [1.82, 2.24) is 9.78 Å². The van der Waals surface area contributed by atoms with E-state index in [1.54, 1.807) is 4.68 Å². The van der Waals surface area contributed by atoms with E-state index in [0.29, 0.717) is 30.5 Å². The first-order valence-electron chi connectivity index (χ1n) is 6.29. The van der Waals surface area contributed by atoms with Crippen molar-refractivity contribution in [3.8, 4) is 17.4 Å². The Hall–Kier alpha value is -2.01. The van der Waals surface area contributed by atoms with E-state index in [1.807, 2.05) is 45.2 Å². The topological polar surface area (TPSA) is 62.3 Å². The number of hydrogen-bond acceptors (Lipinski definition) is 4. The molecule has 5 heteroatoms. The maximum Gasteiger partial charge on any atom is 0.222 e. The van der Waals surface area contributed by atoms with Gasteiger partial charge in [-0.15, -0.1) is 0 Å². The lowest BCUT2D eigenvalue weighted by molar-refractivity contribution is 0.316. The molecule has 19 heavy (non-hydrogen) atoms. The molecule has 1 heterocycles. The molecule has 0 saturated carbocycles. The van der Waals surface area contributed by atoms with E-state index < -0.39 is 0 Å². The Balaban J connectivity index is 2.36. The first-order chi connectivity index (χ1) is 9.17. The van der Waals surface area contributed by atoms with Gasteiger partial charge in [0.2, 0.25) is 5.88 Å². The molecule has 0 bridgehead atoms. The Bertz CT molecular complexity index is 564. The Kier molecular flexibility index (Phi) is 4.06. The summed E-state index contributed by atoms with van der Waals surface area (Å²) in [4.78, 5) is 0. The number of para-hydroxylation sites is 2. The zero-order chi connectivity index (χ0) is 13.8. The number of hydrogen-bond donors (Lipinski definition) is 1. The molecule has 0 saturated heterocycles. The van der Waals surface area contributed by atoms with Crippen LogP contribution in [0.3, 0.4) is 0 Å². The fraction of sp³-hybridized carbons (Fsp3) is 0.357. The lowest BCUT2D eigenvalue weighted by atomic mass is 10.2. The van der Waals surface area contributed by atoms with E-state index in [0.717, 1.165) is 11.3 Å². The lowest BCUT2D eigenvalue weighted by Gasteiger charge is -2.12. The molecule has 0 aliphatic carbocycles. The van der Waals surface area contributed by atoms with Crippen LogP contribution in [0.4, 0.5) is 0 Å². The largest absolute Gasteiger partial charge is 0.490 e. The zero-order valence-electron chi connectivity index (χ0n) is 11.5. The van der Waals surface area contributed by atoms with Crippen molar-refractivity contribution >= 4 is 0 Å². The summed E-state index contributed by atoms with van der Waals surface area (Å²) in [6, 6.07) is 7.57. The van der Waals surface area contributed by atoms with E-state index in [2.05, 4.69) is 5.10 Å². The molecule has 0 amide bonds. The van der Waals surface area contributed by atoms with Crippen LogP contribution in [-0.2, 0) is 13.6 Å². The molecule has 0 radical (unpaired) electrons. The monoisotopic (exact) mass is 261 g/mol. The lowest BCUT2D eigenvalue weighted by Crippen LogP contribution is -2.02. The maximum atomic E-state index is 5.93. The summed E-state index contributed by atoms with van der Waals surface area (Å²) < 4.78 is 13.2. The van der Waals surface area contributed by atoms with E-state index >= 15 is 0 Å².